The van der Waals surface area contributed by atoms with Crippen LogP contribution in [0.1, 0.15) is 15.9 Å². The second-order valence-corrected chi connectivity index (χ2v) is 5.60. The van der Waals surface area contributed by atoms with Crippen molar-refractivity contribution >= 4 is 11.6 Å². The number of hydrogen-bond acceptors (Lipinski definition) is 3. The molecule has 4 nitrogen and oxygen atoms in total. The molecule has 1 N–H and O–H groups in total. The van der Waals surface area contributed by atoms with Crippen molar-refractivity contribution in [2.45, 2.75) is 6.61 Å². The van der Waals surface area contributed by atoms with Gasteiger partial charge >= 0.3 is 0 Å². The minimum atomic E-state index is -0.283. The molecule has 0 heterocycles. The van der Waals surface area contributed by atoms with Gasteiger partial charge in [-0.25, -0.2) is 4.39 Å². The maximum atomic E-state index is 12.9. The molecule has 1 amide bonds. The molecule has 0 saturated heterocycles. The number of methoxy groups -OCH3 is 1. The molecule has 0 aromatic heterocycles. The highest BCUT2D eigenvalue weighted by atomic mass is 19.1. The van der Waals surface area contributed by atoms with E-state index in [1.807, 2.05) is 0 Å². The molecule has 0 bridgehead atoms. The number of benzene rings is 3. The van der Waals surface area contributed by atoms with Gasteiger partial charge in [-0.1, -0.05) is 30.3 Å². The van der Waals surface area contributed by atoms with E-state index in [4.69, 9.17) is 9.47 Å². The molecule has 0 aliphatic heterocycles. The Balaban J connectivity index is 1.67. The van der Waals surface area contributed by atoms with E-state index in [0.29, 0.717) is 29.4 Å². The van der Waals surface area contributed by atoms with Crippen LogP contribution in [0.15, 0.2) is 72.8 Å². The van der Waals surface area contributed by atoms with Gasteiger partial charge in [-0.3, -0.25) is 4.79 Å². The normalized spacial score (nSPS) is 10.2. The highest BCUT2D eigenvalue weighted by Gasteiger charge is 2.11. The second kappa shape index (κ2) is 8.16. The van der Waals surface area contributed by atoms with Gasteiger partial charge < -0.3 is 14.8 Å². The van der Waals surface area contributed by atoms with Crippen LogP contribution in [0.4, 0.5) is 10.1 Å². The van der Waals surface area contributed by atoms with Gasteiger partial charge in [0.25, 0.3) is 5.91 Å². The van der Waals surface area contributed by atoms with Gasteiger partial charge in [-0.15, -0.1) is 0 Å². The summed E-state index contributed by atoms with van der Waals surface area (Å²) in [6, 6.07) is 20.2. The van der Waals surface area contributed by atoms with Crippen LogP contribution in [0.25, 0.3) is 0 Å². The summed E-state index contributed by atoms with van der Waals surface area (Å²) in [6.45, 7) is 0.310. The van der Waals surface area contributed by atoms with Crippen molar-refractivity contribution in [1.29, 1.82) is 0 Å². The van der Waals surface area contributed by atoms with E-state index in [9.17, 15) is 9.18 Å². The summed E-state index contributed by atoms with van der Waals surface area (Å²) in [5, 5.41) is 2.83. The quantitative estimate of drug-likeness (QED) is 0.702. The number of anilines is 1. The third kappa shape index (κ3) is 4.39. The van der Waals surface area contributed by atoms with Crippen LogP contribution < -0.4 is 14.8 Å². The maximum absolute atomic E-state index is 12.9. The predicted octanol–water partition coefficient (Wildman–Crippen LogP) is 4.67. The largest absolute Gasteiger partial charge is 0.496 e. The zero-order chi connectivity index (χ0) is 18.4. The van der Waals surface area contributed by atoms with Crippen LogP contribution in [0.3, 0.4) is 0 Å². The Hall–Kier alpha value is -3.34. The molecule has 0 aliphatic rings. The van der Waals surface area contributed by atoms with E-state index in [-0.39, 0.29) is 11.7 Å². The number of para-hydroxylation sites is 1. The minimum Gasteiger partial charge on any atom is -0.496 e. The summed E-state index contributed by atoms with van der Waals surface area (Å²) in [5.74, 6) is 0.564. The van der Waals surface area contributed by atoms with Crippen molar-refractivity contribution in [3.8, 4) is 11.5 Å². The first-order chi connectivity index (χ1) is 12.7. The third-order valence-corrected chi connectivity index (χ3v) is 3.76. The maximum Gasteiger partial charge on any atom is 0.259 e. The van der Waals surface area contributed by atoms with Crippen molar-refractivity contribution in [3.05, 3.63) is 89.7 Å². The first kappa shape index (κ1) is 17.5. The van der Waals surface area contributed by atoms with Crippen molar-refractivity contribution < 1.29 is 18.7 Å². The average molecular weight is 351 g/mol. The SMILES string of the molecule is COc1ccccc1C(=O)Nc1cccc(OCc2ccc(F)cc2)c1. The molecule has 26 heavy (non-hydrogen) atoms. The Morgan fingerprint density at radius 3 is 2.54 bits per heavy atom. The number of ether oxygens (including phenoxy) is 2. The summed E-state index contributed by atoms with van der Waals surface area (Å²) in [7, 11) is 1.52. The van der Waals surface area contributed by atoms with Crippen molar-refractivity contribution in [2.24, 2.45) is 0 Å². The highest BCUT2D eigenvalue weighted by molar-refractivity contribution is 6.06. The Morgan fingerprint density at radius 1 is 1.00 bits per heavy atom. The zero-order valence-corrected chi connectivity index (χ0v) is 14.2. The third-order valence-electron chi connectivity index (χ3n) is 3.76. The first-order valence-electron chi connectivity index (χ1n) is 8.07. The van der Waals surface area contributed by atoms with E-state index in [0.717, 1.165) is 5.56 Å². The zero-order valence-electron chi connectivity index (χ0n) is 14.2. The Kier molecular flexibility index (Phi) is 5.49. The van der Waals surface area contributed by atoms with E-state index in [1.165, 1.54) is 19.2 Å². The van der Waals surface area contributed by atoms with Crippen molar-refractivity contribution in [3.63, 3.8) is 0 Å². The standard InChI is InChI=1S/C21H18FNO3/c1-25-20-8-3-2-7-19(20)21(24)23-17-5-4-6-18(13-17)26-14-15-9-11-16(22)12-10-15/h2-13H,14H2,1H3,(H,23,24). The molecule has 0 saturated carbocycles. The number of carbonyl (C=O) groups excluding carboxylic acids is 1. The molecule has 0 radical (unpaired) electrons. The van der Waals surface area contributed by atoms with Crippen LogP contribution in [0.5, 0.6) is 11.5 Å². The fourth-order valence-corrected chi connectivity index (χ4v) is 2.44. The molecule has 0 aliphatic carbocycles. The van der Waals surface area contributed by atoms with E-state index >= 15 is 0 Å². The number of nitrogens with one attached hydrogen (secondary N) is 1. The Morgan fingerprint density at radius 2 is 1.77 bits per heavy atom. The number of carbonyl (C=O) groups is 1. The number of halogens is 1. The molecule has 5 heteroatoms. The lowest BCUT2D eigenvalue weighted by atomic mass is 10.2. The molecular formula is C21H18FNO3. The van der Waals surface area contributed by atoms with Crippen molar-refractivity contribution in [2.75, 3.05) is 12.4 Å². The van der Waals surface area contributed by atoms with Gasteiger partial charge in [0, 0.05) is 11.8 Å². The van der Waals surface area contributed by atoms with Crippen LogP contribution in [0.2, 0.25) is 0 Å². The summed E-state index contributed by atoms with van der Waals surface area (Å²) >= 11 is 0. The van der Waals surface area contributed by atoms with E-state index < -0.39 is 0 Å². The molecular weight excluding hydrogens is 333 g/mol. The number of rotatable bonds is 6. The second-order valence-electron chi connectivity index (χ2n) is 5.60. The monoisotopic (exact) mass is 351 g/mol. The summed E-state index contributed by atoms with van der Waals surface area (Å²) in [6.07, 6.45) is 0. The molecule has 3 aromatic carbocycles. The van der Waals surface area contributed by atoms with E-state index in [2.05, 4.69) is 5.32 Å². The van der Waals surface area contributed by atoms with E-state index in [1.54, 1.807) is 60.7 Å². The molecule has 0 fully saturated rings. The smallest absolute Gasteiger partial charge is 0.259 e. The molecule has 0 atom stereocenters. The van der Waals surface area contributed by atoms with Crippen molar-refractivity contribution in [1.82, 2.24) is 0 Å². The lowest BCUT2D eigenvalue weighted by Crippen LogP contribution is -2.13. The summed E-state index contributed by atoms with van der Waals surface area (Å²) in [5.41, 5.74) is 1.92. The van der Waals surface area contributed by atoms with Crippen LogP contribution in [-0.2, 0) is 6.61 Å². The molecule has 0 unspecified atom stereocenters. The van der Waals surface area contributed by atoms with Crippen LogP contribution in [-0.4, -0.2) is 13.0 Å². The van der Waals surface area contributed by atoms with Gasteiger partial charge in [0.1, 0.15) is 23.9 Å². The fraction of sp³-hybridized carbons (Fsp3) is 0.0952. The topological polar surface area (TPSA) is 47.6 Å². The average Bonchev–Trinajstić information content (AvgIpc) is 2.68. The minimum absolute atomic E-state index is 0.266. The predicted molar refractivity (Wildman–Crippen MR) is 98.1 cm³/mol. The summed E-state index contributed by atoms with van der Waals surface area (Å²) in [4.78, 5) is 12.4. The van der Waals surface area contributed by atoms with Gasteiger partial charge in [-0.05, 0) is 42.0 Å². The van der Waals surface area contributed by atoms with Crippen LogP contribution >= 0.6 is 0 Å². The Bertz CT molecular complexity index is 894. The summed E-state index contributed by atoms with van der Waals surface area (Å²) < 4.78 is 23.8. The lowest BCUT2D eigenvalue weighted by Gasteiger charge is -2.11. The van der Waals surface area contributed by atoms with Gasteiger partial charge in [0.15, 0.2) is 0 Å². The fourth-order valence-electron chi connectivity index (χ4n) is 2.44. The molecule has 3 rings (SSSR count). The number of hydrogen-bond donors (Lipinski definition) is 1. The molecule has 3 aromatic rings. The van der Waals surface area contributed by atoms with Crippen LogP contribution in [0, 0.1) is 5.82 Å². The highest BCUT2D eigenvalue weighted by Crippen LogP contribution is 2.22. The Labute approximate surface area is 151 Å². The van der Waals surface area contributed by atoms with Gasteiger partial charge in [-0.2, -0.15) is 0 Å². The number of amides is 1. The first-order valence-corrected chi connectivity index (χ1v) is 8.07. The van der Waals surface area contributed by atoms with Gasteiger partial charge in [0.2, 0.25) is 0 Å². The molecule has 0 spiro atoms. The van der Waals surface area contributed by atoms with Gasteiger partial charge in [0.05, 0.1) is 12.7 Å². The lowest BCUT2D eigenvalue weighted by molar-refractivity contribution is 0.102. The molecule has 132 valence electrons.